The number of amides is 1. The van der Waals surface area contributed by atoms with Gasteiger partial charge in [0.25, 0.3) is 0 Å². The van der Waals surface area contributed by atoms with E-state index in [-0.39, 0.29) is 5.91 Å². The number of rotatable bonds is 5. The van der Waals surface area contributed by atoms with Crippen molar-refractivity contribution in [3.8, 4) is 0 Å². The number of imidazole rings is 1. The molecular formula is C19H25N3O. The Morgan fingerprint density at radius 1 is 1.30 bits per heavy atom. The maximum absolute atomic E-state index is 12.5. The first kappa shape index (κ1) is 15.8. The van der Waals surface area contributed by atoms with Gasteiger partial charge in [-0.25, -0.2) is 4.98 Å². The Balaban J connectivity index is 1.58. The average Bonchev–Trinajstić information content (AvgIpc) is 3.13. The van der Waals surface area contributed by atoms with Crippen LogP contribution in [0, 0.1) is 5.92 Å². The average molecular weight is 311 g/mol. The molecule has 0 saturated carbocycles. The predicted octanol–water partition coefficient (Wildman–Crippen LogP) is 3.32. The highest BCUT2D eigenvalue weighted by Gasteiger charge is 2.30. The van der Waals surface area contributed by atoms with Crippen molar-refractivity contribution in [3.05, 3.63) is 54.6 Å². The van der Waals surface area contributed by atoms with Gasteiger partial charge >= 0.3 is 0 Å². The van der Waals surface area contributed by atoms with E-state index in [1.54, 1.807) is 12.5 Å². The fraction of sp³-hybridized carbons (Fsp3) is 0.474. The van der Waals surface area contributed by atoms with Crippen LogP contribution in [0.4, 0.5) is 0 Å². The first-order chi connectivity index (χ1) is 11.3. The number of benzene rings is 1. The van der Waals surface area contributed by atoms with Gasteiger partial charge in [-0.1, -0.05) is 43.7 Å². The molecule has 0 radical (unpaired) electrons. The molecule has 0 bridgehead atoms. The summed E-state index contributed by atoms with van der Waals surface area (Å²) in [5.74, 6) is 1.41. The topological polar surface area (TPSA) is 38.1 Å². The zero-order valence-corrected chi connectivity index (χ0v) is 13.8. The first-order valence-electron chi connectivity index (χ1n) is 8.56. The van der Waals surface area contributed by atoms with Crippen molar-refractivity contribution in [2.45, 2.75) is 38.6 Å². The fourth-order valence-corrected chi connectivity index (χ4v) is 3.61. The summed E-state index contributed by atoms with van der Waals surface area (Å²) in [4.78, 5) is 18.6. The molecule has 2 aromatic rings. The summed E-state index contributed by atoms with van der Waals surface area (Å²) in [6.45, 7) is 4.71. The molecule has 2 heterocycles. The molecule has 1 aliphatic heterocycles. The minimum atomic E-state index is 0.267. The maximum atomic E-state index is 12.5. The molecule has 1 saturated heterocycles. The third-order valence-corrected chi connectivity index (χ3v) is 4.98. The van der Waals surface area contributed by atoms with Crippen molar-refractivity contribution >= 4 is 5.91 Å². The summed E-state index contributed by atoms with van der Waals surface area (Å²) in [5.41, 5.74) is 1.42. The Morgan fingerprint density at radius 3 is 2.83 bits per heavy atom. The van der Waals surface area contributed by atoms with Crippen molar-refractivity contribution in [2.75, 3.05) is 13.1 Å². The Kier molecular flexibility index (Phi) is 5.11. The van der Waals surface area contributed by atoms with Crippen molar-refractivity contribution < 1.29 is 4.79 Å². The van der Waals surface area contributed by atoms with Crippen LogP contribution in [0.25, 0.3) is 0 Å². The highest BCUT2D eigenvalue weighted by Crippen LogP contribution is 2.34. The van der Waals surface area contributed by atoms with Crippen molar-refractivity contribution in [1.29, 1.82) is 0 Å². The van der Waals surface area contributed by atoms with E-state index in [0.29, 0.717) is 24.8 Å². The van der Waals surface area contributed by atoms with E-state index >= 15 is 0 Å². The molecule has 3 rings (SSSR count). The molecule has 1 aromatic carbocycles. The monoisotopic (exact) mass is 311 g/mol. The lowest BCUT2D eigenvalue weighted by Crippen LogP contribution is -2.43. The zero-order chi connectivity index (χ0) is 16.1. The SMILES string of the molecule is CC[C@H]1CN(C(=O)CCn2ccnc2)CC[C@@H]1c1ccccc1. The highest BCUT2D eigenvalue weighted by atomic mass is 16.2. The van der Waals surface area contributed by atoms with Gasteiger partial charge in [0.05, 0.1) is 6.33 Å². The number of likely N-dealkylation sites (tertiary alicyclic amines) is 1. The van der Waals surface area contributed by atoms with Crippen LogP contribution in [-0.4, -0.2) is 33.4 Å². The molecule has 1 aromatic heterocycles. The van der Waals surface area contributed by atoms with Crippen LogP contribution in [0.2, 0.25) is 0 Å². The van der Waals surface area contributed by atoms with E-state index in [4.69, 9.17) is 0 Å². The van der Waals surface area contributed by atoms with Crippen LogP contribution in [0.5, 0.6) is 0 Å². The number of aryl methyl sites for hydroxylation is 1. The molecule has 0 N–H and O–H groups in total. The van der Waals surface area contributed by atoms with Gasteiger partial charge in [0.2, 0.25) is 5.91 Å². The molecule has 1 amide bonds. The quantitative estimate of drug-likeness (QED) is 0.849. The van der Waals surface area contributed by atoms with E-state index in [2.05, 4.69) is 47.1 Å². The number of hydrogen-bond acceptors (Lipinski definition) is 2. The standard InChI is InChI=1S/C19H25N3O/c1-2-16-14-22(19(23)9-11-21-13-10-20-15-21)12-8-18(16)17-6-4-3-5-7-17/h3-7,10,13,15-16,18H,2,8-9,11-12,14H2,1H3/t16-,18-/m0/s1. The Bertz CT molecular complexity index is 609. The van der Waals surface area contributed by atoms with Gasteiger partial charge in [0.15, 0.2) is 0 Å². The lowest BCUT2D eigenvalue weighted by molar-refractivity contribution is -0.133. The van der Waals surface area contributed by atoms with E-state index in [0.717, 1.165) is 25.9 Å². The van der Waals surface area contributed by atoms with Gasteiger partial charge < -0.3 is 9.47 Å². The molecule has 0 spiro atoms. The smallest absolute Gasteiger partial charge is 0.224 e. The molecule has 1 fully saturated rings. The maximum Gasteiger partial charge on any atom is 0.224 e. The van der Waals surface area contributed by atoms with Crippen LogP contribution in [0.1, 0.15) is 37.7 Å². The summed E-state index contributed by atoms with van der Waals surface area (Å²) >= 11 is 0. The number of piperidine rings is 1. The van der Waals surface area contributed by atoms with Gasteiger partial charge in [-0.2, -0.15) is 0 Å². The van der Waals surface area contributed by atoms with Crippen LogP contribution in [0.3, 0.4) is 0 Å². The van der Waals surface area contributed by atoms with Gasteiger partial charge in [0.1, 0.15) is 0 Å². The number of carbonyl (C=O) groups excluding carboxylic acids is 1. The lowest BCUT2D eigenvalue weighted by Gasteiger charge is -2.38. The van der Waals surface area contributed by atoms with Crippen LogP contribution >= 0.6 is 0 Å². The number of carbonyl (C=O) groups is 1. The van der Waals surface area contributed by atoms with E-state index in [9.17, 15) is 4.79 Å². The molecule has 4 nitrogen and oxygen atoms in total. The molecule has 0 unspecified atom stereocenters. The normalized spacial score (nSPS) is 21.3. The van der Waals surface area contributed by atoms with Crippen LogP contribution in [0.15, 0.2) is 49.1 Å². The van der Waals surface area contributed by atoms with Gasteiger partial charge in [-0.05, 0) is 23.8 Å². The minimum Gasteiger partial charge on any atom is -0.342 e. The summed E-state index contributed by atoms with van der Waals surface area (Å²) in [6.07, 6.45) is 8.17. The molecule has 2 atom stereocenters. The van der Waals surface area contributed by atoms with Crippen molar-refractivity contribution in [1.82, 2.24) is 14.5 Å². The molecule has 1 aliphatic rings. The number of hydrogen-bond donors (Lipinski definition) is 0. The molecule has 0 aliphatic carbocycles. The fourth-order valence-electron chi connectivity index (χ4n) is 3.61. The van der Waals surface area contributed by atoms with E-state index in [1.807, 2.05) is 10.8 Å². The van der Waals surface area contributed by atoms with E-state index < -0.39 is 0 Å². The lowest BCUT2D eigenvalue weighted by atomic mass is 9.79. The van der Waals surface area contributed by atoms with Crippen molar-refractivity contribution in [3.63, 3.8) is 0 Å². The summed E-state index contributed by atoms with van der Waals surface area (Å²) in [5, 5.41) is 0. The summed E-state index contributed by atoms with van der Waals surface area (Å²) in [6, 6.07) is 10.8. The zero-order valence-electron chi connectivity index (χ0n) is 13.8. The van der Waals surface area contributed by atoms with E-state index in [1.165, 1.54) is 5.56 Å². The van der Waals surface area contributed by atoms with Crippen LogP contribution in [-0.2, 0) is 11.3 Å². The molecule has 122 valence electrons. The Morgan fingerprint density at radius 2 is 2.13 bits per heavy atom. The predicted molar refractivity (Wildman–Crippen MR) is 91.0 cm³/mol. The first-order valence-corrected chi connectivity index (χ1v) is 8.56. The molecule has 4 heteroatoms. The van der Waals surface area contributed by atoms with Crippen molar-refractivity contribution in [2.24, 2.45) is 5.92 Å². The third-order valence-electron chi connectivity index (χ3n) is 4.98. The summed E-state index contributed by atoms with van der Waals surface area (Å²) in [7, 11) is 0. The van der Waals surface area contributed by atoms with Gasteiger partial charge in [0, 0.05) is 38.4 Å². The second-order valence-electron chi connectivity index (χ2n) is 6.36. The minimum absolute atomic E-state index is 0.267. The largest absolute Gasteiger partial charge is 0.342 e. The second-order valence-corrected chi connectivity index (χ2v) is 6.36. The second kappa shape index (κ2) is 7.44. The summed E-state index contributed by atoms with van der Waals surface area (Å²) < 4.78 is 1.96. The number of aromatic nitrogens is 2. The molecule has 23 heavy (non-hydrogen) atoms. The third kappa shape index (κ3) is 3.81. The van der Waals surface area contributed by atoms with Gasteiger partial charge in [-0.15, -0.1) is 0 Å². The highest BCUT2D eigenvalue weighted by molar-refractivity contribution is 5.76. The molecular weight excluding hydrogens is 286 g/mol. The number of nitrogens with zero attached hydrogens (tertiary/aromatic N) is 3. The Labute approximate surface area is 138 Å². The van der Waals surface area contributed by atoms with Crippen LogP contribution < -0.4 is 0 Å². The van der Waals surface area contributed by atoms with Gasteiger partial charge in [-0.3, -0.25) is 4.79 Å². The Hall–Kier alpha value is -2.10.